The molecule has 1 aromatic carbocycles. The number of benzene rings is 1. The molecule has 1 fully saturated rings. The summed E-state index contributed by atoms with van der Waals surface area (Å²) in [7, 11) is 0. The SMILES string of the molecule is O=C(NCCCc1ccccc1)c1nc(C(=O)NC2CC2)n2c1CCCC2. The van der Waals surface area contributed by atoms with Crippen molar-refractivity contribution in [2.45, 2.75) is 57.5 Å². The zero-order valence-electron chi connectivity index (χ0n) is 15.5. The molecule has 2 aromatic rings. The van der Waals surface area contributed by atoms with Crippen LogP contribution in [-0.4, -0.2) is 34.0 Å². The Hall–Kier alpha value is -2.63. The van der Waals surface area contributed by atoms with Crippen molar-refractivity contribution >= 4 is 11.8 Å². The van der Waals surface area contributed by atoms with E-state index in [1.165, 1.54) is 5.56 Å². The van der Waals surface area contributed by atoms with Gasteiger partial charge < -0.3 is 15.2 Å². The predicted molar refractivity (Wildman–Crippen MR) is 103 cm³/mol. The molecule has 0 saturated heterocycles. The molecule has 6 nitrogen and oxygen atoms in total. The number of carbonyl (C=O) groups excluding carboxylic acids is 2. The summed E-state index contributed by atoms with van der Waals surface area (Å²) in [4.78, 5) is 29.6. The molecular formula is C21H26N4O2. The van der Waals surface area contributed by atoms with E-state index in [2.05, 4.69) is 27.8 Å². The van der Waals surface area contributed by atoms with Gasteiger partial charge in [0, 0.05) is 19.1 Å². The van der Waals surface area contributed by atoms with Gasteiger partial charge in [-0.15, -0.1) is 0 Å². The summed E-state index contributed by atoms with van der Waals surface area (Å²) >= 11 is 0. The Balaban J connectivity index is 1.40. The summed E-state index contributed by atoms with van der Waals surface area (Å²) in [6.07, 6.45) is 6.73. The van der Waals surface area contributed by atoms with E-state index in [0.717, 1.165) is 57.2 Å². The Kier molecular flexibility index (Phi) is 5.23. The lowest BCUT2D eigenvalue weighted by Gasteiger charge is -2.17. The van der Waals surface area contributed by atoms with Crippen molar-refractivity contribution in [2.75, 3.05) is 6.54 Å². The number of hydrogen-bond donors (Lipinski definition) is 2. The number of nitrogens with zero attached hydrogens (tertiary/aromatic N) is 2. The van der Waals surface area contributed by atoms with Gasteiger partial charge in [0.25, 0.3) is 11.8 Å². The first-order valence-electron chi connectivity index (χ1n) is 9.95. The number of aryl methyl sites for hydroxylation is 1. The molecule has 1 aliphatic heterocycles. The van der Waals surface area contributed by atoms with Gasteiger partial charge in [-0.05, 0) is 50.5 Å². The second kappa shape index (κ2) is 7.94. The predicted octanol–water partition coefficient (Wildman–Crippen LogP) is 2.47. The number of aromatic nitrogens is 2. The Labute approximate surface area is 159 Å². The fourth-order valence-electron chi connectivity index (χ4n) is 3.60. The molecule has 0 radical (unpaired) electrons. The zero-order valence-corrected chi connectivity index (χ0v) is 15.5. The highest BCUT2D eigenvalue weighted by molar-refractivity contribution is 5.97. The van der Waals surface area contributed by atoms with E-state index in [1.807, 2.05) is 22.8 Å². The third-order valence-electron chi connectivity index (χ3n) is 5.22. The van der Waals surface area contributed by atoms with Crippen LogP contribution in [0.3, 0.4) is 0 Å². The quantitative estimate of drug-likeness (QED) is 0.739. The Morgan fingerprint density at radius 3 is 2.70 bits per heavy atom. The van der Waals surface area contributed by atoms with E-state index in [0.29, 0.717) is 18.1 Å². The summed E-state index contributed by atoms with van der Waals surface area (Å²) in [6, 6.07) is 10.5. The lowest BCUT2D eigenvalue weighted by Crippen LogP contribution is -2.29. The first-order valence-corrected chi connectivity index (χ1v) is 9.95. The van der Waals surface area contributed by atoms with Crippen molar-refractivity contribution in [3.63, 3.8) is 0 Å². The highest BCUT2D eigenvalue weighted by atomic mass is 16.2. The Morgan fingerprint density at radius 2 is 1.93 bits per heavy atom. The molecule has 27 heavy (non-hydrogen) atoms. The monoisotopic (exact) mass is 366 g/mol. The van der Waals surface area contributed by atoms with Crippen LogP contribution in [0.1, 0.15) is 64.5 Å². The topological polar surface area (TPSA) is 76.0 Å². The average Bonchev–Trinajstić information content (AvgIpc) is 3.42. The van der Waals surface area contributed by atoms with Crippen molar-refractivity contribution in [1.29, 1.82) is 0 Å². The molecule has 2 heterocycles. The first-order chi connectivity index (χ1) is 13.2. The third kappa shape index (κ3) is 4.21. The van der Waals surface area contributed by atoms with Crippen molar-refractivity contribution in [3.05, 3.63) is 53.1 Å². The van der Waals surface area contributed by atoms with Crippen molar-refractivity contribution in [2.24, 2.45) is 0 Å². The van der Waals surface area contributed by atoms with Gasteiger partial charge in [0.1, 0.15) is 5.69 Å². The van der Waals surface area contributed by atoms with Crippen LogP contribution < -0.4 is 10.6 Å². The maximum absolute atomic E-state index is 12.7. The number of nitrogens with one attached hydrogen (secondary N) is 2. The van der Waals surface area contributed by atoms with Crippen molar-refractivity contribution in [3.8, 4) is 0 Å². The Bertz CT molecular complexity index is 824. The van der Waals surface area contributed by atoms with Crippen LogP contribution in [0.25, 0.3) is 0 Å². The summed E-state index contributed by atoms with van der Waals surface area (Å²) in [6.45, 7) is 1.36. The molecule has 6 heteroatoms. The second-order valence-corrected chi connectivity index (χ2v) is 7.43. The first kappa shape index (κ1) is 17.8. The number of amides is 2. The Morgan fingerprint density at radius 1 is 1.11 bits per heavy atom. The highest BCUT2D eigenvalue weighted by Crippen LogP contribution is 2.23. The van der Waals surface area contributed by atoms with Gasteiger partial charge in [0.05, 0.1) is 5.69 Å². The largest absolute Gasteiger partial charge is 0.351 e. The lowest BCUT2D eigenvalue weighted by atomic mass is 10.1. The van der Waals surface area contributed by atoms with Crippen molar-refractivity contribution < 1.29 is 9.59 Å². The molecular weight excluding hydrogens is 340 g/mol. The van der Waals surface area contributed by atoms with E-state index in [-0.39, 0.29) is 17.9 Å². The van der Waals surface area contributed by atoms with Crippen LogP contribution in [0, 0.1) is 0 Å². The second-order valence-electron chi connectivity index (χ2n) is 7.43. The van der Waals surface area contributed by atoms with E-state index in [4.69, 9.17) is 0 Å². The fourth-order valence-corrected chi connectivity index (χ4v) is 3.60. The maximum atomic E-state index is 12.7. The minimum absolute atomic E-state index is 0.149. The molecule has 0 bridgehead atoms. The van der Waals surface area contributed by atoms with E-state index in [9.17, 15) is 9.59 Å². The number of rotatable bonds is 7. The van der Waals surface area contributed by atoms with Crippen LogP contribution in [0.2, 0.25) is 0 Å². The molecule has 142 valence electrons. The number of fused-ring (bicyclic) bond motifs is 1. The summed E-state index contributed by atoms with van der Waals surface area (Å²) in [5, 5.41) is 5.97. The molecule has 1 aliphatic carbocycles. The fraction of sp³-hybridized carbons (Fsp3) is 0.476. The van der Waals surface area contributed by atoms with Gasteiger partial charge in [-0.2, -0.15) is 0 Å². The summed E-state index contributed by atoms with van der Waals surface area (Å²) < 4.78 is 1.94. The van der Waals surface area contributed by atoms with Crippen LogP contribution in [-0.2, 0) is 19.4 Å². The van der Waals surface area contributed by atoms with E-state index in [1.54, 1.807) is 0 Å². The molecule has 2 amide bonds. The number of carbonyl (C=O) groups is 2. The van der Waals surface area contributed by atoms with Crippen LogP contribution >= 0.6 is 0 Å². The van der Waals surface area contributed by atoms with E-state index >= 15 is 0 Å². The number of imidazole rings is 1. The number of hydrogen-bond acceptors (Lipinski definition) is 3. The molecule has 1 aromatic heterocycles. The molecule has 2 N–H and O–H groups in total. The minimum Gasteiger partial charge on any atom is -0.351 e. The lowest BCUT2D eigenvalue weighted by molar-refractivity contribution is 0.0935. The van der Waals surface area contributed by atoms with Crippen LogP contribution in [0.5, 0.6) is 0 Å². The van der Waals surface area contributed by atoms with Gasteiger partial charge in [-0.3, -0.25) is 9.59 Å². The third-order valence-corrected chi connectivity index (χ3v) is 5.22. The van der Waals surface area contributed by atoms with Gasteiger partial charge in [-0.25, -0.2) is 4.98 Å². The summed E-state index contributed by atoms with van der Waals surface area (Å²) in [5.74, 6) is 0.0778. The normalized spacial score (nSPS) is 15.9. The van der Waals surface area contributed by atoms with Gasteiger partial charge in [-0.1, -0.05) is 30.3 Å². The minimum atomic E-state index is -0.167. The molecule has 1 saturated carbocycles. The van der Waals surface area contributed by atoms with Gasteiger partial charge >= 0.3 is 0 Å². The molecule has 4 rings (SSSR count). The molecule has 0 unspecified atom stereocenters. The highest BCUT2D eigenvalue weighted by Gasteiger charge is 2.30. The zero-order chi connectivity index (χ0) is 18.6. The van der Waals surface area contributed by atoms with Gasteiger partial charge in [0.15, 0.2) is 5.82 Å². The van der Waals surface area contributed by atoms with Crippen LogP contribution in [0.15, 0.2) is 30.3 Å². The van der Waals surface area contributed by atoms with Crippen LogP contribution in [0.4, 0.5) is 0 Å². The summed E-state index contributed by atoms with van der Waals surface area (Å²) in [5.41, 5.74) is 2.60. The van der Waals surface area contributed by atoms with Gasteiger partial charge in [0.2, 0.25) is 0 Å². The molecule has 0 spiro atoms. The smallest absolute Gasteiger partial charge is 0.287 e. The average molecular weight is 366 g/mol. The van der Waals surface area contributed by atoms with E-state index < -0.39 is 0 Å². The standard InChI is InChI=1S/C21H26N4O2/c26-20(22-13-6-9-15-7-2-1-3-8-15)18-17-10-4-5-14-25(17)19(24-18)21(27)23-16-11-12-16/h1-3,7-8,16H,4-6,9-14H2,(H,22,26)(H,23,27). The molecule has 0 atom stereocenters. The van der Waals surface area contributed by atoms with Crippen molar-refractivity contribution in [1.82, 2.24) is 20.2 Å². The maximum Gasteiger partial charge on any atom is 0.287 e. The molecule has 2 aliphatic rings.